The highest BCUT2D eigenvalue weighted by atomic mass is 19.1. The molecule has 0 fully saturated rings. The van der Waals surface area contributed by atoms with Crippen LogP contribution in [0.4, 0.5) is 4.39 Å². The molecule has 8 heteroatoms. The van der Waals surface area contributed by atoms with Crippen molar-refractivity contribution in [2.45, 2.75) is 12.3 Å². The first-order valence-corrected chi connectivity index (χ1v) is 11.2. The Labute approximate surface area is 203 Å². The number of esters is 1. The molecule has 1 aliphatic heterocycles. The van der Waals surface area contributed by atoms with Gasteiger partial charge in [0.2, 0.25) is 5.43 Å². The molecule has 1 aliphatic rings. The predicted octanol–water partition coefficient (Wildman–Crippen LogP) is 5.62. The first-order chi connectivity index (χ1) is 17.6. The van der Waals surface area contributed by atoms with E-state index >= 15 is 0 Å². The van der Waals surface area contributed by atoms with Gasteiger partial charge in [0.1, 0.15) is 29.2 Å². The quantitative estimate of drug-likeness (QED) is 0.243. The van der Waals surface area contributed by atoms with E-state index in [-0.39, 0.29) is 17.9 Å². The summed E-state index contributed by atoms with van der Waals surface area (Å²) in [6, 6.07) is 17.9. The topological polar surface area (TPSA) is 91.5 Å². The lowest BCUT2D eigenvalue weighted by atomic mass is 9.85. The van der Waals surface area contributed by atoms with Crippen LogP contribution in [0.1, 0.15) is 23.5 Å². The van der Waals surface area contributed by atoms with Crippen LogP contribution in [-0.4, -0.2) is 15.9 Å². The summed E-state index contributed by atoms with van der Waals surface area (Å²) >= 11 is 0. The van der Waals surface area contributed by atoms with Crippen LogP contribution in [0, 0.1) is 5.82 Å². The summed E-state index contributed by atoms with van der Waals surface area (Å²) in [7, 11) is 0. The summed E-state index contributed by atoms with van der Waals surface area (Å²) in [5.41, 5.74) is 2.30. The van der Waals surface area contributed by atoms with Crippen LogP contribution in [-0.2, 0) is 4.79 Å². The van der Waals surface area contributed by atoms with Crippen molar-refractivity contribution in [3.63, 3.8) is 0 Å². The van der Waals surface area contributed by atoms with E-state index in [1.54, 1.807) is 48.8 Å². The molecule has 0 amide bonds. The minimum Gasteiger partial charge on any atom is -0.463 e. The molecule has 0 radical (unpaired) electrons. The van der Waals surface area contributed by atoms with Gasteiger partial charge in [-0.1, -0.05) is 24.3 Å². The van der Waals surface area contributed by atoms with Gasteiger partial charge in [-0.3, -0.25) is 9.59 Å². The Morgan fingerprint density at radius 3 is 2.56 bits per heavy atom. The SMILES string of the molecule is O=C1C[C@@H](c2cccc(Oc3ncccn3)c2)c2c(ccc3c(=O)c(-c4ccc(F)cc4)coc23)O1. The van der Waals surface area contributed by atoms with Crippen molar-refractivity contribution in [3.05, 3.63) is 113 Å². The van der Waals surface area contributed by atoms with E-state index in [9.17, 15) is 14.0 Å². The van der Waals surface area contributed by atoms with Gasteiger partial charge in [0.15, 0.2) is 0 Å². The van der Waals surface area contributed by atoms with Gasteiger partial charge in [-0.25, -0.2) is 14.4 Å². The van der Waals surface area contributed by atoms with Gasteiger partial charge in [-0.2, -0.15) is 0 Å². The number of carbonyl (C=O) groups excluding carboxylic acids is 1. The predicted molar refractivity (Wildman–Crippen MR) is 129 cm³/mol. The van der Waals surface area contributed by atoms with Crippen LogP contribution in [0.15, 0.2) is 94.6 Å². The molecular weight excluding hydrogens is 463 g/mol. The fourth-order valence-electron chi connectivity index (χ4n) is 4.41. The van der Waals surface area contributed by atoms with Gasteiger partial charge in [0.25, 0.3) is 0 Å². The van der Waals surface area contributed by atoms with Crippen molar-refractivity contribution in [1.82, 2.24) is 9.97 Å². The number of hydrogen-bond donors (Lipinski definition) is 0. The van der Waals surface area contributed by atoms with E-state index in [4.69, 9.17) is 13.9 Å². The van der Waals surface area contributed by atoms with Gasteiger partial charge in [-0.05, 0) is 53.6 Å². The summed E-state index contributed by atoms with van der Waals surface area (Å²) in [6.07, 6.45) is 4.57. The van der Waals surface area contributed by atoms with Crippen molar-refractivity contribution in [1.29, 1.82) is 0 Å². The second kappa shape index (κ2) is 8.74. The number of ether oxygens (including phenoxy) is 2. The van der Waals surface area contributed by atoms with Crippen LogP contribution in [0.2, 0.25) is 0 Å². The third-order valence-electron chi connectivity index (χ3n) is 6.05. The van der Waals surface area contributed by atoms with Gasteiger partial charge in [-0.15, -0.1) is 0 Å². The molecule has 1 atom stereocenters. The van der Waals surface area contributed by atoms with Crippen molar-refractivity contribution in [2.24, 2.45) is 0 Å². The molecular formula is C28H17FN2O5. The number of hydrogen-bond acceptors (Lipinski definition) is 7. The Bertz CT molecular complexity index is 1670. The minimum absolute atomic E-state index is 0.0564. The average molecular weight is 480 g/mol. The van der Waals surface area contributed by atoms with Crippen LogP contribution in [0.25, 0.3) is 22.1 Å². The summed E-state index contributed by atoms with van der Waals surface area (Å²) in [5.74, 6) is -0.397. The Morgan fingerprint density at radius 2 is 1.75 bits per heavy atom. The zero-order valence-corrected chi connectivity index (χ0v) is 18.7. The van der Waals surface area contributed by atoms with E-state index in [0.717, 1.165) is 5.56 Å². The highest BCUT2D eigenvalue weighted by molar-refractivity contribution is 5.90. The Hall–Kier alpha value is -4.85. The van der Waals surface area contributed by atoms with Crippen LogP contribution in [0.5, 0.6) is 17.5 Å². The van der Waals surface area contributed by atoms with Crippen LogP contribution >= 0.6 is 0 Å². The molecule has 0 spiro atoms. The van der Waals surface area contributed by atoms with Crippen LogP contribution < -0.4 is 14.9 Å². The number of halogens is 1. The molecule has 3 heterocycles. The van der Waals surface area contributed by atoms with E-state index < -0.39 is 17.7 Å². The number of fused-ring (bicyclic) bond motifs is 3. The average Bonchev–Trinajstić information content (AvgIpc) is 2.89. The molecule has 36 heavy (non-hydrogen) atoms. The lowest BCUT2D eigenvalue weighted by Crippen LogP contribution is -2.22. The smallest absolute Gasteiger partial charge is 0.321 e. The summed E-state index contributed by atoms with van der Waals surface area (Å²) in [6.45, 7) is 0. The minimum atomic E-state index is -0.440. The lowest BCUT2D eigenvalue weighted by molar-refractivity contribution is -0.135. The van der Waals surface area contributed by atoms with Crippen LogP contribution in [0.3, 0.4) is 0 Å². The van der Waals surface area contributed by atoms with E-state index in [1.165, 1.54) is 30.5 Å². The molecule has 0 saturated heterocycles. The fraction of sp³-hybridized carbons (Fsp3) is 0.0714. The van der Waals surface area contributed by atoms with Gasteiger partial charge in [0.05, 0.1) is 17.4 Å². The Balaban J connectivity index is 1.46. The zero-order chi connectivity index (χ0) is 24.6. The van der Waals surface area contributed by atoms with Crippen molar-refractivity contribution < 1.29 is 23.1 Å². The molecule has 6 rings (SSSR count). The van der Waals surface area contributed by atoms with E-state index in [1.807, 2.05) is 6.07 Å². The normalized spacial score (nSPS) is 14.8. The first-order valence-electron chi connectivity index (χ1n) is 11.2. The molecule has 0 unspecified atom stereocenters. The van der Waals surface area contributed by atoms with E-state index in [2.05, 4.69) is 9.97 Å². The third-order valence-corrected chi connectivity index (χ3v) is 6.05. The number of aromatic nitrogens is 2. The molecule has 2 aromatic heterocycles. The molecule has 176 valence electrons. The second-order valence-corrected chi connectivity index (χ2v) is 8.28. The highest BCUT2D eigenvalue weighted by Gasteiger charge is 2.32. The molecule has 7 nitrogen and oxygen atoms in total. The third kappa shape index (κ3) is 3.88. The molecule has 0 aliphatic carbocycles. The second-order valence-electron chi connectivity index (χ2n) is 8.28. The number of carbonyl (C=O) groups is 1. The molecule has 5 aromatic rings. The highest BCUT2D eigenvalue weighted by Crippen LogP contribution is 2.43. The first kappa shape index (κ1) is 21.7. The molecule has 3 aromatic carbocycles. The monoisotopic (exact) mass is 480 g/mol. The summed E-state index contributed by atoms with van der Waals surface area (Å²) in [5, 5.41) is 0.337. The number of rotatable bonds is 4. The Morgan fingerprint density at radius 1 is 0.944 bits per heavy atom. The molecule has 0 N–H and O–H groups in total. The number of benzene rings is 3. The lowest BCUT2D eigenvalue weighted by Gasteiger charge is -2.25. The van der Waals surface area contributed by atoms with Crippen molar-refractivity contribution >= 4 is 16.9 Å². The van der Waals surface area contributed by atoms with Gasteiger partial charge in [0, 0.05) is 23.9 Å². The number of nitrogens with zero attached hydrogens (tertiary/aromatic N) is 2. The maximum absolute atomic E-state index is 13.4. The summed E-state index contributed by atoms with van der Waals surface area (Å²) < 4.78 is 30.6. The maximum atomic E-state index is 13.4. The van der Waals surface area contributed by atoms with Crippen molar-refractivity contribution in [2.75, 3.05) is 0 Å². The summed E-state index contributed by atoms with van der Waals surface area (Å²) in [4.78, 5) is 34.0. The Kier molecular flexibility index (Phi) is 5.26. The zero-order valence-electron chi connectivity index (χ0n) is 18.7. The maximum Gasteiger partial charge on any atom is 0.321 e. The molecule has 0 bridgehead atoms. The van der Waals surface area contributed by atoms with Crippen molar-refractivity contribution in [3.8, 4) is 28.6 Å². The largest absolute Gasteiger partial charge is 0.463 e. The van der Waals surface area contributed by atoms with Gasteiger partial charge < -0.3 is 13.9 Å². The molecule has 0 saturated carbocycles. The standard InChI is InChI=1S/C28H17FN2O5/c29-18-7-5-16(6-8-18)22-15-34-27-20(26(22)33)9-10-23-25(27)21(14-24(32)36-23)17-3-1-4-19(13-17)35-28-30-11-2-12-31-28/h1-13,15,21H,14H2/t21-/m0/s1. The van der Waals surface area contributed by atoms with Gasteiger partial charge >= 0.3 is 12.0 Å². The van der Waals surface area contributed by atoms with E-state index in [0.29, 0.717) is 39.2 Å². The fourth-order valence-corrected chi connectivity index (χ4v) is 4.41.